The molecule has 0 atom stereocenters. The SMILES string of the molecule is CCOC(=O)c1cc(C#N)c(N2CCN(C(=O)Nc3ccc(OCC)cc3)CC2)nc1C(F)(F)F. The number of hydrogen-bond donors (Lipinski definition) is 1. The van der Waals surface area contributed by atoms with Gasteiger partial charge in [0.15, 0.2) is 5.69 Å². The molecule has 1 saturated heterocycles. The lowest BCUT2D eigenvalue weighted by Crippen LogP contribution is -2.50. The van der Waals surface area contributed by atoms with Crippen molar-refractivity contribution in [1.29, 1.82) is 5.26 Å². The summed E-state index contributed by atoms with van der Waals surface area (Å²) in [6.07, 6.45) is -4.93. The largest absolute Gasteiger partial charge is 0.494 e. The van der Waals surface area contributed by atoms with Crippen LogP contribution >= 0.6 is 0 Å². The normalized spacial score (nSPS) is 13.7. The van der Waals surface area contributed by atoms with Gasteiger partial charge in [-0.1, -0.05) is 0 Å². The summed E-state index contributed by atoms with van der Waals surface area (Å²) in [4.78, 5) is 31.3. The number of aromatic nitrogens is 1. The molecule has 35 heavy (non-hydrogen) atoms. The zero-order valence-electron chi connectivity index (χ0n) is 19.2. The predicted octanol–water partition coefficient (Wildman–Crippen LogP) is 3.90. The topological polar surface area (TPSA) is 108 Å². The van der Waals surface area contributed by atoms with Gasteiger partial charge in [-0.15, -0.1) is 0 Å². The van der Waals surface area contributed by atoms with E-state index in [0.717, 1.165) is 6.07 Å². The molecule has 2 heterocycles. The minimum atomic E-state index is -4.93. The molecule has 1 aromatic carbocycles. The van der Waals surface area contributed by atoms with Crippen LogP contribution in [0.2, 0.25) is 0 Å². The molecule has 1 aliphatic rings. The maximum Gasteiger partial charge on any atom is 0.434 e. The number of anilines is 2. The number of nitriles is 1. The second-order valence-electron chi connectivity index (χ2n) is 7.45. The van der Waals surface area contributed by atoms with Crippen LogP contribution in [-0.2, 0) is 10.9 Å². The standard InChI is InChI=1S/C23H24F3N5O4/c1-3-34-17-7-5-16(6-8-17)28-22(33)31-11-9-30(10-12-31)20-15(14-27)13-18(21(32)35-4-2)19(29-20)23(24,25)26/h5-8,13H,3-4,9-12H2,1-2H3,(H,28,33). The summed E-state index contributed by atoms with van der Waals surface area (Å²) in [5, 5.41) is 12.3. The van der Waals surface area contributed by atoms with Crippen molar-refractivity contribution in [2.24, 2.45) is 0 Å². The molecule has 0 saturated carbocycles. The summed E-state index contributed by atoms with van der Waals surface area (Å²) in [5.74, 6) is -0.724. The van der Waals surface area contributed by atoms with E-state index in [1.165, 1.54) is 16.7 Å². The van der Waals surface area contributed by atoms with Crippen LogP contribution in [0.5, 0.6) is 5.75 Å². The van der Waals surface area contributed by atoms with Crippen molar-refractivity contribution < 1.29 is 32.2 Å². The van der Waals surface area contributed by atoms with Gasteiger partial charge in [0, 0.05) is 31.9 Å². The third-order valence-corrected chi connectivity index (χ3v) is 5.17. The molecule has 1 aromatic heterocycles. The molecule has 3 rings (SSSR count). The van der Waals surface area contributed by atoms with Crippen LogP contribution in [-0.4, -0.2) is 61.3 Å². The number of urea groups is 1. The first-order chi connectivity index (χ1) is 16.7. The number of piperazine rings is 1. The number of amides is 2. The predicted molar refractivity (Wildman–Crippen MR) is 120 cm³/mol. The molecule has 2 aromatic rings. The molecule has 1 aliphatic heterocycles. The molecular weight excluding hydrogens is 467 g/mol. The number of carbonyl (C=O) groups is 2. The fourth-order valence-corrected chi connectivity index (χ4v) is 3.53. The number of carbonyl (C=O) groups excluding carboxylic acids is 2. The second-order valence-corrected chi connectivity index (χ2v) is 7.45. The number of halogens is 3. The van der Waals surface area contributed by atoms with Crippen LogP contribution in [0.3, 0.4) is 0 Å². The molecule has 0 spiro atoms. The van der Waals surface area contributed by atoms with Crippen molar-refractivity contribution >= 4 is 23.5 Å². The molecule has 0 bridgehead atoms. The Kier molecular flexibility index (Phi) is 8.01. The fraction of sp³-hybridized carbons (Fsp3) is 0.391. The molecule has 0 radical (unpaired) electrons. The number of benzene rings is 1. The van der Waals surface area contributed by atoms with Crippen LogP contribution in [0.25, 0.3) is 0 Å². The van der Waals surface area contributed by atoms with E-state index in [1.54, 1.807) is 30.3 Å². The van der Waals surface area contributed by atoms with Crippen LogP contribution < -0.4 is 15.0 Å². The first-order valence-electron chi connectivity index (χ1n) is 10.9. The van der Waals surface area contributed by atoms with Gasteiger partial charge in [-0.3, -0.25) is 0 Å². The third-order valence-electron chi connectivity index (χ3n) is 5.17. The minimum absolute atomic E-state index is 0.125. The average Bonchev–Trinajstić information content (AvgIpc) is 2.84. The monoisotopic (exact) mass is 491 g/mol. The van der Waals surface area contributed by atoms with Crippen LogP contribution in [0.1, 0.15) is 35.5 Å². The Balaban J connectivity index is 1.74. The number of nitrogens with one attached hydrogen (secondary N) is 1. The first-order valence-corrected chi connectivity index (χ1v) is 10.9. The van der Waals surface area contributed by atoms with E-state index in [4.69, 9.17) is 9.47 Å². The van der Waals surface area contributed by atoms with E-state index < -0.39 is 23.4 Å². The van der Waals surface area contributed by atoms with E-state index >= 15 is 0 Å². The number of rotatable bonds is 6. The molecule has 12 heteroatoms. The molecule has 1 N–H and O–H groups in total. The highest BCUT2D eigenvalue weighted by Crippen LogP contribution is 2.34. The van der Waals surface area contributed by atoms with E-state index in [2.05, 4.69) is 10.3 Å². The average molecular weight is 491 g/mol. The lowest BCUT2D eigenvalue weighted by atomic mass is 10.1. The van der Waals surface area contributed by atoms with Crippen LogP contribution in [0.15, 0.2) is 30.3 Å². The molecule has 186 valence electrons. The summed E-state index contributed by atoms with van der Waals surface area (Å²) in [7, 11) is 0. The van der Waals surface area contributed by atoms with Gasteiger partial charge in [0.25, 0.3) is 0 Å². The maximum atomic E-state index is 13.6. The Morgan fingerprint density at radius 2 is 1.77 bits per heavy atom. The van der Waals surface area contributed by atoms with Crippen LogP contribution in [0.4, 0.5) is 29.5 Å². The van der Waals surface area contributed by atoms with Gasteiger partial charge in [-0.2, -0.15) is 18.4 Å². The summed E-state index contributed by atoms with van der Waals surface area (Å²) in [5.41, 5.74) is -1.85. The Morgan fingerprint density at radius 1 is 1.11 bits per heavy atom. The van der Waals surface area contributed by atoms with Gasteiger partial charge in [-0.05, 0) is 44.2 Å². The summed E-state index contributed by atoms with van der Waals surface area (Å²) in [6, 6.07) is 9.15. The van der Waals surface area contributed by atoms with Gasteiger partial charge in [0.1, 0.15) is 17.6 Å². The zero-order valence-corrected chi connectivity index (χ0v) is 19.2. The van der Waals surface area contributed by atoms with E-state index in [-0.39, 0.29) is 50.2 Å². The number of esters is 1. The van der Waals surface area contributed by atoms with E-state index in [0.29, 0.717) is 18.0 Å². The van der Waals surface area contributed by atoms with Crippen LogP contribution in [0, 0.1) is 11.3 Å². The fourth-order valence-electron chi connectivity index (χ4n) is 3.53. The van der Waals surface area contributed by atoms with Crippen molar-refractivity contribution in [2.45, 2.75) is 20.0 Å². The number of alkyl halides is 3. The smallest absolute Gasteiger partial charge is 0.434 e. The number of hydrogen-bond acceptors (Lipinski definition) is 7. The highest BCUT2D eigenvalue weighted by Gasteiger charge is 2.40. The Morgan fingerprint density at radius 3 is 2.31 bits per heavy atom. The molecule has 0 unspecified atom stereocenters. The molecule has 9 nitrogen and oxygen atoms in total. The van der Waals surface area contributed by atoms with E-state index in [9.17, 15) is 28.0 Å². The van der Waals surface area contributed by atoms with E-state index in [1.807, 2.05) is 6.92 Å². The quantitative estimate of drug-likeness (QED) is 0.611. The zero-order chi connectivity index (χ0) is 25.6. The van der Waals surface area contributed by atoms with Crippen molar-refractivity contribution in [2.75, 3.05) is 49.6 Å². The lowest BCUT2D eigenvalue weighted by Gasteiger charge is -2.36. The summed E-state index contributed by atoms with van der Waals surface area (Å²) >= 11 is 0. The highest BCUT2D eigenvalue weighted by molar-refractivity contribution is 5.92. The van der Waals surface area contributed by atoms with Gasteiger partial charge in [0.05, 0.1) is 24.3 Å². The highest BCUT2D eigenvalue weighted by atomic mass is 19.4. The molecule has 2 amide bonds. The van der Waals surface area contributed by atoms with Gasteiger partial charge < -0.3 is 24.6 Å². The Bertz CT molecular complexity index is 1110. The first kappa shape index (κ1) is 25.6. The molecule has 0 aliphatic carbocycles. The number of ether oxygens (including phenoxy) is 2. The lowest BCUT2D eigenvalue weighted by molar-refractivity contribution is -0.141. The van der Waals surface area contributed by atoms with Crippen molar-refractivity contribution in [1.82, 2.24) is 9.88 Å². The molecule has 1 fully saturated rings. The van der Waals surface area contributed by atoms with Crippen molar-refractivity contribution in [3.8, 4) is 11.8 Å². The minimum Gasteiger partial charge on any atom is -0.494 e. The Hall–Kier alpha value is -4.01. The van der Waals surface area contributed by atoms with Crippen molar-refractivity contribution in [3.05, 3.63) is 47.2 Å². The number of pyridine rings is 1. The van der Waals surface area contributed by atoms with Crippen molar-refractivity contribution in [3.63, 3.8) is 0 Å². The number of nitrogens with zero attached hydrogens (tertiary/aromatic N) is 4. The van der Waals surface area contributed by atoms with Gasteiger partial charge in [0.2, 0.25) is 0 Å². The summed E-state index contributed by atoms with van der Waals surface area (Å²) < 4.78 is 51.0. The molecular formula is C23H24F3N5O4. The summed E-state index contributed by atoms with van der Waals surface area (Å²) in [6.45, 7) is 4.40. The third kappa shape index (κ3) is 6.11. The van der Waals surface area contributed by atoms with Gasteiger partial charge >= 0.3 is 18.2 Å². The second kappa shape index (κ2) is 10.9. The Labute approximate surface area is 200 Å². The maximum absolute atomic E-state index is 13.6. The van der Waals surface area contributed by atoms with Gasteiger partial charge in [-0.25, -0.2) is 14.6 Å².